The molecule has 0 aliphatic heterocycles. The van der Waals surface area contributed by atoms with Gasteiger partial charge in [-0.2, -0.15) is 0 Å². The van der Waals surface area contributed by atoms with Gasteiger partial charge in [-0.05, 0) is 0 Å². The molecule has 0 radical (unpaired) electrons. The van der Waals surface area contributed by atoms with Crippen molar-refractivity contribution in [1.82, 2.24) is 5.39 Å². The number of rotatable bonds is 3. The maximum absolute atomic E-state index is 9.91. The molecular weight excluding hydrogens is 328 g/mol. The first-order valence-corrected chi connectivity index (χ1v) is 8.42. The van der Waals surface area contributed by atoms with Gasteiger partial charge in [-0.3, -0.25) is 0 Å². The van der Waals surface area contributed by atoms with Gasteiger partial charge in [0.2, 0.25) is 0 Å². The third kappa shape index (κ3) is 5.17. The normalized spacial score (nSPS) is 10.9. The van der Waals surface area contributed by atoms with Gasteiger partial charge in [-0.15, -0.1) is 0 Å². The van der Waals surface area contributed by atoms with Crippen LogP contribution in [0.15, 0.2) is 0 Å². The Labute approximate surface area is 61.6 Å². The van der Waals surface area contributed by atoms with Crippen molar-refractivity contribution in [2.75, 3.05) is 7.11 Å². The van der Waals surface area contributed by atoms with E-state index in [4.69, 9.17) is 0 Å². The molecule has 0 aliphatic rings. The molecule has 0 aromatic rings. The van der Waals surface area contributed by atoms with Crippen molar-refractivity contribution in [3.8, 4) is 0 Å². The second-order valence-electron chi connectivity index (χ2n) is 0.534. The zero-order valence-corrected chi connectivity index (χ0v) is 7.74. The molecule has 4 nitrogen and oxygen atoms in total. The van der Waals surface area contributed by atoms with Gasteiger partial charge in [0.25, 0.3) is 0 Å². The molecule has 46 valence electrons. The van der Waals surface area contributed by atoms with Crippen LogP contribution in [-0.4, -0.2) is 12.5 Å². The number of halogens is 2. The number of nitrogens with zero attached hydrogens (tertiary/aromatic N) is 1. The van der Waals surface area contributed by atoms with Crippen LogP contribution in [0.25, 0.3) is 0 Å². The van der Waals surface area contributed by atoms with Gasteiger partial charge in [0.15, 0.2) is 0 Å². The summed E-state index contributed by atoms with van der Waals surface area (Å²) in [4.78, 5) is 4.07. The van der Waals surface area contributed by atoms with Crippen LogP contribution in [0.3, 0.4) is 0 Å². The van der Waals surface area contributed by atoms with Crippen LogP contribution in [0, 0.1) is 5.21 Å². The number of hydrogen-bond donors (Lipinski definition) is 0. The van der Waals surface area contributed by atoms with Gasteiger partial charge in [0.05, 0.1) is 0 Å². The molecule has 0 N–H and O–H groups in total. The van der Waals surface area contributed by atoms with Gasteiger partial charge in [0.1, 0.15) is 0 Å². The molecule has 0 aromatic heterocycles. The molecule has 0 heterocycles. The Bertz CT molecular complexity index is 43.9. The van der Waals surface area contributed by atoms with Crippen LogP contribution in [0.4, 0.5) is 0 Å². The quantitative estimate of drug-likeness (QED) is 0.429. The summed E-state index contributed by atoms with van der Waals surface area (Å²) in [5, 5.41) is 10.0. The zero-order valence-electron chi connectivity index (χ0n) is 3.43. The minimum absolute atomic E-state index is 0.0969. The van der Waals surface area contributed by atoms with E-state index in [0.717, 1.165) is 0 Å². The summed E-state index contributed by atoms with van der Waals surface area (Å²) in [6.45, 7) is 0. The Morgan fingerprint density at radius 1 is 1.86 bits per heavy atom. The van der Waals surface area contributed by atoms with Crippen LogP contribution in [0.2, 0.25) is 0 Å². The van der Waals surface area contributed by atoms with E-state index < -0.39 is 17.6 Å². The number of hydrogen-bond acceptors (Lipinski definition) is 4. The summed E-state index contributed by atoms with van der Waals surface area (Å²) in [6, 6.07) is 0. The molecule has 0 bridgehead atoms. The van der Waals surface area contributed by atoms with Crippen molar-refractivity contribution in [2.45, 2.75) is 0 Å². The molecule has 0 unspecified atom stereocenters. The second kappa shape index (κ2) is 5.44. The summed E-state index contributed by atoms with van der Waals surface area (Å²) in [5.41, 5.74) is 0. The van der Waals surface area contributed by atoms with Crippen molar-refractivity contribution >= 4 is 18.6 Å². The Morgan fingerprint density at radius 3 is 2.57 bits per heavy atom. The summed E-state index contributed by atoms with van der Waals surface area (Å²) in [6.07, 6.45) is 0. The third-order valence-corrected chi connectivity index (χ3v) is 1.70. The Morgan fingerprint density at radius 2 is 2.43 bits per heavy atom. The molecular formula is CH3I2NO3-2. The summed E-state index contributed by atoms with van der Waals surface area (Å²) < 4.78 is 4.34. The van der Waals surface area contributed by atoms with E-state index in [0.29, 0.717) is 0 Å². The molecule has 0 aliphatic carbocycles. The standard InChI is InChI=1S/CH3I2NO3/c1-6-4(5)7-3-2/h1H3/q-2. The molecule has 0 saturated carbocycles. The van der Waals surface area contributed by atoms with Crippen molar-refractivity contribution in [3.63, 3.8) is 0 Å². The van der Waals surface area contributed by atoms with Gasteiger partial charge in [-0.25, -0.2) is 0 Å². The van der Waals surface area contributed by atoms with Crippen LogP contribution >= 0.6 is 18.6 Å². The van der Waals surface area contributed by atoms with Crippen LogP contribution in [-0.2, 0) is 8.00 Å². The van der Waals surface area contributed by atoms with Gasteiger partial charge >= 0.3 is 62.0 Å². The van der Waals surface area contributed by atoms with E-state index in [1.54, 1.807) is 0 Å². The summed E-state index contributed by atoms with van der Waals surface area (Å²) in [7, 11) is 1.25. The zero-order chi connectivity index (χ0) is 5.70. The van der Waals surface area contributed by atoms with Crippen molar-refractivity contribution < 1.29 is 25.6 Å². The van der Waals surface area contributed by atoms with E-state index in [2.05, 4.69) is 8.00 Å². The monoisotopic (exact) mass is 331 g/mol. The summed E-state index contributed by atoms with van der Waals surface area (Å²) in [5.74, 6) is 0. The molecule has 0 rings (SSSR count). The first-order chi connectivity index (χ1) is 3.31. The molecule has 7 heavy (non-hydrogen) atoms. The molecule has 0 atom stereocenters. The van der Waals surface area contributed by atoms with E-state index in [1.807, 2.05) is 18.6 Å². The first kappa shape index (κ1) is 8.30. The van der Waals surface area contributed by atoms with Gasteiger partial charge < -0.3 is 0 Å². The molecule has 0 saturated heterocycles. The second-order valence-corrected chi connectivity index (χ2v) is 3.49. The minimum atomic E-state index is -0.481. The predicted molar refractivity (Wildman–Crippen MR) is 27.3 cm³/mol. The van der Waals surface area contributed by atoms with E-state index in [1.165, 1.54) is 7.11 Å². The van der Waals surface area contributed by atoms with E-state index in [-0.39, 0.29) is 5.39 Å². The topological polar surface area (TPSA) is 44.8 Å². The average Bonchev–Trinajstić information content (AvgIpc) is 1.68. The Balaban J connectivity index is 2.83. The van der Waals surface area contributed by atoms with E-state index >= 15 is 0 Å². The maximum atomic E-state index is 9.91. The van der Waals surface area contributed by atoms with Crippen LogP contribution in [0.1, 0.15) is 0 Å². The summed E-state index contributed by atoms with van der Waals surface area (Å²) >= 11 is 1.51. The Kier molecular flexibility index (Phi) is 6.45. The SMILES string of the molecule is CON([O-])O[I-]I. The molecule has 6 heteroatoms. The third-order valence-electron chi connectivity index (χ3n) is 0.231. The van der Waals surface area contributed by atoms with Crippen LogP contribution < -0.4 is 17.6 Å². The van der Waals surface area contributed by atoms with Gasteiger partial charge in [0, 0.05) is 0 Å². The molecule has 0 aromatic carbocycles. The van der Waals surface area contributed by atoms with Crippen LogP contribution in [0.5, 0.6) is 0 Å². The van der Waals surface area contributed by atoms with Crippen molar-refractivity contribution in [3.05, 3.63) is 5.21 Å². The molecule has 0 fully saturated rings. The van der Waals surface area contributed by atoms with Gasteiger partial charge in [-0.1, -0.05) is 0 Å². The van der Waals surface area contributed by atoms with E-state index in [9.17, 15) is 5.21 Å². The fourth-order valence-corrected chi connectivity index (χ4v) is 1.15. The fourth-order valence-electron chi connectivity index (χ4n) is 0.0495. The average molecular weight is 331 g/mol. The molecule has 0 amide bonds. The van der Waals surface area contributed by atoms with Crippen molar-refractivity contribution in [1.29, 1.82) is 0 Å². The first-order valence-electron chi connectivity index (χ1n) is 1.25. The molecule has 0 spiro atoms. The fraction of sp³-hybridized carbons (Fsp3) is 1.00. The Hall–Kier alpha value is 1.30. The predicted octanol–water partition coefficient (Wildman–Crippen LogP) is -2.37. The van der Waals surface area contributed by atoms with Crippen molar-refractivity contribution in [2.24, 2.45) is 0 Å².